The van der Waals surface area contributed by atoms with Crippen LogP contribution in [0.4, 0.5) is 8.78 Å². The van der Waals surface area contributed by atoms with Gasteiger partial charge in [-0.15, -0.1) is 0 Å². The summed E-state index contributed by atoms with van der Waals surface area (Å²) in [6.45, 7) is 0. The van der Waals surface area contributed by atoms with E-state index >= 15 is 0 Å². The van der Waals surface area contributed by atoms with Gasteiger partial charge in [0, 0.05) is 5.92 Å². The monoisotopic (exact) mass is 387 g/mol. The van der Waals surface area contributed by atoms with Crippen LogP contribution in [0.3, 0.4) is 0 Å². The van der Waals surface area contributed by atoms with E-state index in [0.29, 0.717) is 18.8 Å². The fourth-order valence-electron chi connectivity index (χ4n) is 6.09. The van der Waals surface area contributed by atoms with Gasteiger partial charge < -0.3 is 0 Å². The number of halogens is 2. The number of alkyl halides is 2. The van der Waals surface area contributed by atoms with Crippen molar-refractivity contribution in [3.8, 4) is 17.9 Å². The zero-order chi connectivity index (χ0) is 19.5. The molecule has 0 heterocycles. The maximum absolute atomic E-state index is 14.2. The van der Waals surface area contributed by atoms with Gasteiger partial charge in [0.05, 0.1) is 17.9 Å². The van der Waals surface area contributed by atoms with Gasteiger partial charge in [0.25, 0.3) is 0 Å². The van der Waals surface area contributed by atoms with E-state index in [9.17, 15) is 8.78 Å². The standard InChI is InChI=1S/C25H35F2N/c26-24-22(13-14-23(16-28)25(24)27)12-5-17-3-8-20(9-4-17)21-10-6-19(7-11-21)15-18-1-2-18/h17-25H,1-4,6-11,13-15H2. The summed E-state index contributed by atoms with van der Waals surface area (Å²) >= 11 is 0. The van der Waals surface area contributed by atoms with Gasteiger partial charge in [-0.3, -0.25) is 0 Å². The molecule has 1 nitrogen and oxygen atoms in total. The minimum Gasteiger partial charge on any atom is -0.243 e. The molecule has 4 atom stereocenters. The first kappa shape index (κ1) is 20.2. The van der Waals surface area contributed by atoms with Crippen LogP contribution < -0.4 is 0 Å². The lowest BCUT2D eigenvalue weighted by atomic mass is 9.68. The second-order valence-electron chi connectivity index (χ2n) is 10.2. The Morgan fingerprint density at radius 3 is 1.68 bits per heavy atom. The SMILES string of the molecule is N#CC1CCC(C#CC2CCC(C3CCC(CC4CC4)CC3)CC2)C(F)C1F. The molecule has 154 valence electrons. The van der Waals surface area contributed by atoms with Crippen LogP contribution in [0.15, 0.2) is 0 Å². The molecule has 4 fully saturated rings. The predicted octanol–water partition coefficient (Wildman–Crippen LogP) is 6.63. The molecule has 28 heavy (non-hydrogen) atoms. The fourth-order valence-corrected chi connectivity index (χ4v) is 6.09. The molecule has 0 N–H and O–H groups in total. The number of nitrogens with zero attached hydrogens (tertiary/aromatic N) is 1. The Hall–Kier alpha value is -1.09. The van der Waals surface area contributed by atoms with Gasteiger partial charge in [0.2, 0.25) is 0 Å². The molecular weight excluding hydrogens is 352 g/mol. The van der Waals surface area contributed by atoms with Crippen molar-refractivity contribution >= 4 is 0 Å². The van der Waals surface area contributed by atoms with Gasteiger partial charge in [0.1, 0.15) is 12.3 Å². The van der Waals surface area contributed by atoms with Crippen molar-refractivity contribution in [1.29, 1.82) is 5.26 Å². The molecule has 4 aliphatic carbocycles. The van der Waals surface area contributed by atoms with Crippen molar-refractivity contribution in [2.45, 2.75) is 95.8 Å². The molecule has 0 saturated heterocycles. The predicted molar refractivity (Wildman–Crippen MR) is 108 cm³/mol. The summed E-state index contributed by atoms with van der Waals surface area (Å²) in [5.74, 6) is 9.29. The van der Waals surface area contributed by atoms with E-state index in [2.05, 4.69) is 11.8 Å². The Labute approximate surface area is 169 Å². The lowest BCUT2D eigenvalue weighted by Crippen LogP contribution is -2.36. The van der Waals surface area contributed by atoms with Crippen LogP contribution in [-0.4, -0.2) is 12.3 Å². The van der Waals surface area contributed by atoms with Crippen LogP contribution in [0.1, 0.15) is 83.5 Å². The normalized spacial score (nSPS) is 44.2. The highest BCUT2D eigenvalue weighted by atomic mass is 19.2. The summed E-state index contributed by atoms with van der Waals surface area (Å²) < 4.78 is 28.2. The van der Waals surface area contributed by atoms with E-state index in [1.165, 1.54) is 57.8 Å². The van der Waals surface area contributed by atoms with Crippen molar-refractivity contribution in [3.63, 3.8) is 0 Å². The molecule has 0 aromatic carbocycles. The minimum absolute atomic E-state index is 0.362. The molecule has 4 unspecified atom stereocenters. The summed E-state index contributed by atoms with van der Waals surface area (Å²) in [5, 5.41) is 8.89. The van der Waals surface area contributed by atoms with Crippen LogP contribution in [-0.2, 0) is 0 Å². The topological polar surface area (TPSA) is 23.8 Å². The van der Waals surface area contributed by atoms with Crippen LogP contribution in [0.25, 0.3) is 0 Å². The third-order valence-corrected chi connectivity index (χ3v) is 8.19. The number of nitriles is 1. The van der Waals surface area contributed by atoms with Gasteiger partial charge in [-0.25, -0.2) is 8.78 Å². The van der Waals surface area contributed by atoms with E-state index < -0.39 is 24.2 Å². The van der Waals surface area contributed by atoms with Crippen molar-refractivity contribution < 1.29 is 8.78 Å². The average Bonchev–Trinajstić information content (AvgIpc) is 3.54. The van der Waals surface area contributed by atoms with Crippen LogP contribution >= 0.6 is 0 Å². The molecule has 4 rings (SSSR count). The highest BCUT2D eigenvalue weighted by Gasteiger charge is 2.40. The number of hydrogen-bond donors (Lipinski definition) is 0. The Morgan fingerprint density at radius 1 is 0.607 bits per heavy atom. The smallest absolute Gasteiger partial charge is 0.148 e. The van der Waals surface area contributed by atoms with Crippen molar-refractivity contribution in [2.75, 3.05) is 0 Å². The molecule has 0 spiro atoms. The first-order chi connectivity index (χ1) is 13.6. The summed E-state index contributed by atoms with van der Waals surface area (Å²) in [6.07, 6.45) is 12.7. The molecule has 0 aromatic heterocycles. The van der Waals surface area contributed by atoms with Crippen LogP contribution in [0.2, 0.25) is 0 Å². The highest BCUT2D eigenvalue weighted by Crippen LogP contribution is 2.45. The van der Waals surface area contributed by atoms with Crippen LogP contribution in [0, 0.1) is 64.6 Å². The minimum atomic E-state index is -1.66. The largest absolute Gasteiger partial charge is 0.243 e. The second-order valence-corrected chi connectivity index (χ2v) is 10.2. The molecule has 4 saturated carbocycles. The van der Waals surface area contributed by atoms with Gasteiger partial charge in [-0.1, -0.05) is 37.5 Å². The van der Waals surface area contributed by atoms with E-state index in [1.807, 2.05) is 6.07 Å². The Morgan fingerprint density at radius 2 is 1.11 bits per heavy atom. The molecule has 0 aromatic rings. The van der Waals surface area contributed by atoms with Crippen molar-refractivity contribution in [2.24, 2.45) is 41.4 Å². The van der Waals surface area contributed by atoms with Crippen molar-refractivity contribution in [3.05, 3.63) is 0 Å². The molecule has 0 aliphatic heterocycles. The Kier molecular flexibility index (Phi) is 6.60. The fraction of sp³-hybridized carbons (Fsp3) is 0.880. The third kappa shape index (κ3) is 4.90. The molecule has 0 radical (unpaired) electrons. The Balaban J connectivity index is 1.20. The quantitative estimate of drug-likeness (QED) is 0.499. The van der Waals surface area contributed by atoms with Gasteiger partial charge in [-0.05, 0) is 81.5 Å². The molecular formula is C25H35F2N. The van der Waals surface area contributed by atoms with E-state index in [-0.39, 0.29) is 0 Å². The maximum atomic E-state index is 14.2. The van der Waals surface area contributed by atoms with Crippen molar-refractivity contribution in [1.82, 2.24) is 0 Å². The van der Waals surface area contributed by atoms with Gasteiger partial charge >= 0.3 is 0 Å². The maximum Gasteiger partial charge on any atom is 0.148 e. The summed E-state index contributed by atoms with van der Waals surface area (Å²) in [6, 6.07) is 1.90. The third-order valence-electron chi connectivity index (χ3n) is 8.19. The Bertz CT molecular complexity index is 609. The summed E-state index contributed by atoms with van der Waals surface area (Å²) in [5.41, 5.74) is 0. The lowest BCUT2D eigenvalue weighted by Gasteiger charge is -2.37. The van der Waals surface area contributed by atoms with E-state index in [0.717, 1.165) is 36.5 Å². The van der Waals surface area contributed by atoms with E-state index in [4.69, 9.17) is 5.26 Å². The first-order valence-corrected chi connectivity index (χ1v) is 11.8. The van der Waals surface area contributed by atoms with Crippen LogP contribution in [0.5, 0.6) is 0 Å². The van der Waals surface area contributed by atoms with E-state index in [1.54, 1.807) is 0 Å². The number of rotatable bonds is 3. The first-order valence-electron chi connectivity index (χ1n) is 11.8. The van der Waals surface area contributed by atoms with Gasteiger partial charge in [-0.2, -0.15) is 5.26 Å². The molecule has 0 bridgehead atoms. The lowest BCUT2D eigenvalue weighted by molar-refractivity contribution is 0.0634. The zero-order valence-electron chi connectivity index (χ0n) is 17.1. The highest BCUT2D eigenvalue weighted by molar-refractivity contribution is 5.13. The molecule has 0 amide bonds. The molecule has 4 aliphatic rings. The number of hydrogen-bond acceptors (Lipinski definition) is 1. The van der Waals surface area contributed by atoms with Gasteiger partial charge in [0.15, 0.2) is 0 Å². The summed E-state index contributed by atoms with van der Waals surface area (Å²) in [7, 11) is 0. The molecule has 3 heteroatoms. The second kappa shape index (κ2) is 9.15. The summed E-state index contributed by atoms with van der Waals surface area (Å²) in [4.78, 5) is 0. The average molecular weight is 388 g/mol. The zero-order valence-corrected chi connectivity index (χ0v) is 17.1.